The highest BCUT2D eigenvalue weighted by molar-refractivity contribution is 14.0. The maximum absolute atomic E-state index is 5.84. The highest BCUT2D eigenvalue weighted by atomic mass is 127. The molecule has 1 aromatic carbocycles. The van der Waals surface area contributed by atoms with Gasteiger partial charge in [-0.25, -0.2) is 0 Å². The summed E-state index contributed by atoms with van der Waals surface area (Å²) < 4.78 is 0. The predicted molar refractivity (Wildman–Crippen MR) is 94.8 cm³/mol. The van der Waals surface area contributed by atoms with Crippen molar-refractivity contribution in [2.75, 3.05) is 20.1 Å². The third-order valence-electron chi connectivity index (χ3n) is 2.52. The van der Waals surface area contributed by atoms with Crippen molar-refractivity contribution >= 4 is 41.5 Å². The van der Waals surface area contributed by atoms with E-state index in [1.54, 1.807) is 7.05 Å². The summed E-state index contributed by atoms with van der Waals surface area (Å²) in [5.41, 5.74) is 1.27. The number of aliphatic imine (C=N–C) groups is 1. The van der Waals surface area contributed by atoms with E-state index in [-0.39, 0.29) is 24.0 Å². The average molecular weight is 396 g/mol. The van der Waals surface area contributed by atoms with Gasteiger partial charge in [-0.15, -0.1) is 24.0 Å². The third-order valence-corrected chi connectivity index (χ3v) is 2.77. The Labute approximate surface area is 138 Å². The molecule has 0 aliphatic carbocycles. The van der Waals surface area contributed by atoms with Gasteiger partial charge in [0.15, 0.2) is 5.96 Å². The van der Waals surface area contributed by atoms with Crippen LogP contribution in [0.15, 0.2) is 29.3 Å². The van der Waals surface area contributed by atoms with Gasteiger partial charge < -0.3 is 10.6 Å². The summed E-state index contributed by atoms with van der Waals surface area (Å²) >= 11 is 5.84. The first-order valence-corrected chi connectivity index (χ1v) is 6.68. The molecule has 108 valence electrons. The van der Waals surface area contributed by atoms with Gasteiger partial charge >= 0.3 is 0 Å². The third kappa shape index (κ3) is 8.31. The topological polar surface area (TPSA) is 36.4 Å². The second-order valence-electron chi connectivity index (χ2n) is 4.65. The van der Waals surface area contributed by atoms with E-state index in [4.69, 9.17) is 11.6 Å². The molecule has 0 aliphatic rings. The van der Waals surface area contributed by atoms with Gasteiger partial charge in [0.05, 0.1) is 0 Å². The van der Waals surface area contributed by atoms with E-state index in [1.807, 2.05) is 24.3 Å². The molecule has 0 atom stereocenters. The van der Waals surface area contributed by atoms with Crippen molar-refractivity contribution in [1.82, 2.24) is 10.6 Å². The summed E-state index contributed by atoms with van der Waals surface area (Å²) in [4.78, 5) is 4.18. The number of nitrogens with zero attached hydrogens (tertiary/aromatic N) is 1. The van der Waals surface area contributed by atoms with Gasteiger partial charge in [-0.2, -0.15) is 0 Å². The van der Waals surface area contributed by atoms with Crippen LogP contribution in [0.25, 0.3) is 0 Å². The molecule has 0 saturated carbocycles. The van der Waals surface area contributed by atoms with Crippen LogP contribution in [0.4, 0.5) is 0 Å². The molecule has 1 aromatic rings. The number of nitrogens with one attached hydrogen (secondary N) is 2. The predicted octanol–water partition coefficient (Wildman–Crippen LogP) is 3.32. The fourth-order valence-corrected chi connectivity index (χ4v) is 1.62. The molecule has 0 aliphatic heterocycles. The smallest absolute Gasteiger partial charge is 0.190 e. The minimum absolute atomic E-state index is 0. The lowest BCUT2D eigenvalue weighted by Gasteiger charge is -2.13. The van der Waals surface area contributed by atoms with Crippen LogP contribution in [0.2, 0.25) is 5.02 Å². The Morgan fingerprint density at radius 2 is 1.84 bits per heavy atom. The van der Waals surface area contributed by atoms with Crippen LogP contribution in [0, 0.1) is 5.92 Å². The number of rotatable bonds is 5. The van der Waals surface area contributed by atoms with Crippen LogP contribution < -0.4 is 10.6 Å². The van der Waals surface area contributed by atoms with E-state index in [0.29, 0.717) is 5.92 Å². The lowest BCUT2D eigenvalue weighted by atomic mass is 10.1. The molecule has 0 saturated heterocycles. The van der Waals surface area contributed by atoms with E-state index in [2.05, 4.69) is 29.5 Å². The maximum atomic E-state index is 5.84. The minimum atomic E-state index is 0. The van der Waals surface area contributed by atoms with Gasteiger partial charge in [0.1, 0.15) is 0 Å². The summed E-state index contributed by atoms with van der Waals surface area (Å²) in [6.07, 6.45) is 0.958. The molecule has 0 bridgehead atoms. The Morgan fingerprint density at radius 3 is 2.37 bits per heavy atom. The van der Waals surface area contributed by atoms with Gasteiger partial charge in [0, 0.05) is 25.2 Å². The van der Waals surface area contributed by atoms with Gasteiger partial charge in [0.2, 0.25) is 0 Å². The Balaban J connectivity index is 0.00000324. The molecule has 0 fully saturated rings. The van der Waals surface area contributed by atoms with Crippen LogP contribution in [0.5, 0.6) is 0 Å². The molecule has 2 N–H and O–H groups in total. The zero-order valence-corrected chi connectivity index (χ0v) is 14.8. The van der Waals surface area contributed by atoms with Crippen molar-refractivity contribution in [3.05, 3.63) is 34.9 Å². The fraction of sp³-hybridized carbons (Fsp3) is 0.500. The first kappa shape index (κ1) is 18.5. The van der Waals surface area contributed by atoms with Crippen LogP contribution >= 0.6 is 35.6 Å². The molecule has 0 amide bonds. The van der Waals surface area contributed by atoms with Gasteiger partial charge in [-0.3, -0.25) is 4.99 Å². The molecule has 0 aromatic heterocycles. The average Bonchev–Trinajstić information content (AvgIpc) is 2.35. The van der Waals surface area contributed by atoms with Gasteiger partial charge in [0.25, 0.3) is 0 Å². The zero-order chi connectivity index (χ0) is 13.4. The Kier molecular flexibility index (Phi) is 10.0. The molecule has 0 unspecified atom stereocenters. The number of benzene rings is 1. The van der Waals surface area contributed by atoms with Crippen molar-refractivity contribution in [2.45, 2.75) is 20.3 Å². The zero-order valence-electron chi connectivity index (χ0n) is 11.7. The Morgan fingerprint density at radius 1 is 1.21 bits per heavy atom. The summed E-state index contributed by atoms with van der Waals surface area (Å²) in [6, 6.07) is 7.94. The second kappa shape index (κ2) is 10.3. The summed E-state index contributed by atoms with van der Waals surface area (Å²) in [5.74, 6) is 1.47. The lowest BCUT2D eigenvalue weighted by molar-refractivity contribution is 0.614. The van der Waals surface area contributed by atoms with Crippen molar-refractivity contribution in [1.29, 1.82) is 0 Å². The summed E-state index contributed by atoms with van der Waals surface area (Å²) in [7, 11) is 1.79. The van der Waals surface area contributed by atoms with Crippen LogP contribution in [-0.2, 0) is 6.42 Å². The van der Waals surface area contributed by atoms with Crippen molar-refractivity contribution in [2.24, 2.45) is 10.9 Å². The van der Waals surface area contributed by atoms with E-state index >= 15 is 0 Å². The molecule has 0 spiro atoms. The molecule has 0 heterocycles. The van der Waals surface area contributed by atoms with E-state index in [9.17, 15) is 0 Å². The molecular formula is C14H23ClIN3. The number of halogens is 2. The van der Waals surface area contributed by atoms with Crippen LogP contribution in [0.3, 0.4) is 0 Å². The molecule has 3 nitrogen and oxygen atoms in total. The Hall–Kier alpha value is -0.490. The van der Waals surface area contributed by atoms with Crippen molar-refractivity contribution < 1.29 is 0 Å². The lowest BCUT2D eigenvalue weighted by Crippen LogP contribution is -2.39. The van der Waals surface area contributed by atoms with E-state index in [0.717, 1.165) is 30.5 Å². The number of guanidine groups is 1. The van der Waals surface area contributed by atoms with E-state index in [1.165, 1.54) is 5.56 Å². The van der Waals surface area contributed by atoms with Crippen molar-refractivity contribution in [3.8, 4) is 0 Å². The highest BCUT2D eigenvalue weighted by Gasteiger charge is 1.99. The number of hydrogen-bond acceptors (Lipinski definition) is 1. The fourth-order valence-electron chi connectivity index (χ4n) is 1.50. The molecular weight excluding hydrogens is 373 g/mol. The normalized spacial score (nSPS) is 11.1. The summed E-state index contributed by atoms with van der Waals surface area (Å²) in [5, 5.41) is 7.35. The molecule has 1 rings (SSSR count). The monoisotopic (exact) mass is 395 g/mol. The minimum Gasteiger partial charge on any atom is -0.356 e. The molecule has 19 heavy (non-hydrogen) atoms. The summed E-state index contributed by atoms with van der Waals surface area (Å²) in [6.45, 7) is 6.14. The molecule has 5 heteroatoms. The van der Waals surface area contributed by atoms with Gasteiger partial charge in [-0.05, 0) is 30.0 Å². The molecule has 0 radical (unpaired) electrons. The van der Waals surface area contributed by atoms with Crippen LogP contribution in [-0.4, -0.2) is 26.1 Å². The van der Waals surface area contributed by atoms with Crippen LogP contribution in [0.1, 0.15) is 19.4 Å². The highest BCUT2D eigenvalue weighted by Crippen LogP contribution is 2.09. The first-order chi connectivity index (χ1) is 8.61. The number of hydrogen-bond donors (Lipinski definition) is 2. The van der Waals surface area contributed by atoms with E-state index < -0.39 is 0 Å². The standard InChI is InChI=1S/C14H22ClN3.HI/c1-11(2)10-18-14(16-3)17-9-8-12-4-6-13(15)7-5-12;/h4-7,11H,8-10H2,1-3H3,(H2,16,17,18);1H. The van der Waals surface area contributed by atoms with Gasteiger partial charge in [-0.1, -0.05) is 37.6 Å². The largest absolute Gasteiger partial charge is 0.356 e. The first-order valence-electron chi connectivity index (χ1n) is 6.30. The quantitative estimate of drug-likeness (QED) is 0.456. The Bertz CT molecular complexity index is 377. The second-order valence-corrected chi connectivity index (χ2v) is 5.09. The SMILES string of the molecule is CN=C(NCCc1ccc(Cl)cc1)NCC(C)C.I. The van der Waals surface area contributed by atoms with Crippen molar-refractivity contribution in [3.63, 3.8) is 0 Å². The maximum Gasteiger partial charge on any atom is 0.190 e.